The van der Waals surface area contributed by atoms with E-state index in [1.54, 1.807) is 0 Å². The average molecular weight is 415 g/mol. The summed E-state index contributed by atoms with van der Waals surface area (Å²) in [6.45, 7) is 13.9. The molecule has 0 aliphatic carbocycles. The molecule has 0 aromatic rings. The molecule has 0 heterocycles. The van der Waals surface area contributed by atoms with Gasteiger partial charge in [0.05, 0.1) is 5.41 Å². The van der Waals surface area contributed by atoms with Crippen molar-refractivity contribution in [1.82, 2.24) is 0 Å². The van der Waals surface area contributed by atoms with Crippen LogP contribution in [-0.4, -0.2) is 31.6 Å². The first-order valence-electron chi connectivity index (χ1n) is 12.3. The van der Waals surface area contributed by atoms with Crippen LogP contribution in [0.25, 0.3) is 0 Å². The second-order valence-electron chi connectivity index (χ2n) is 9.26. The van der Waals surface area contributed by atoms with Gasteiger partial charge < -0.3 is 14.2 Å². The molecule has 0 saturated carbocycles. The van der Waals surface area contributed by atoms with Gasteiger partial charge in [0.1, 0.15) is 6.10 Å². The highest BCUT2D eigenvalue weighted by molar-refractivity contribution is 5.75. The van der Waals surface area contributed by atoms with Crippen LogP contribution in [0.15, 0.2) is 0 Å². The quantitative estimate of drug-likeness (QED) is 0.125. The van der Waals surface area contributed by atoms with E-state index in [-0.39, 0.29) is 18.4 Å². The van der Waals surface area contributed by atoms with Crippen LogP contribution in [-0.2, 0) is 19.0 Å². The molecule has 0 spiro atoms. The smallest absolute Gasteiger partial charge is 0.311 e. The van der Waals surface area contributed by atoms with Crippen molar-refractivity contribution in [3.8, 4) is 0 Å². The molecular weight excluding hydrogens is 364 g/mol. The van der Waals surface area contributed by atoms with Crippen molar-refractivity contribution in [2.45, 2.75) is 137 Å². The molecule has 0 rings (SSSR count). The minimum atomic E-state index is -0.420. The van der Waals surface area contributed by atoms with Crippen molar-refractivity contribution < 1.29 is 19.0 Å². The van der Waals surface area contributed by atoms with Gasteiger partial charge in [0.2, 0.25) is 0 Å². The maximum atomic E-state index is 12.0. The SMILES string of the molecule is CCCCCOC(CCCCCCC(CC)OC(=O)C(C)(C)C)OCCCCC. The van der Waals surface area contributed by atoms with E-state index in [1.807, 2.05) is 20.8 Å². The van der Waals surface area contributed by atoms with E-state index in [0.29, 0.717) is 0 Å². The number of hydrogen-bond donors (Lipinski definition) is 0. The number of rotatable bonds is 19. The van der Waals surface area contributed by atoms with E-state index in [2.05, 4.69) is 20.8 Å². The first-order valence-corrected chi connectivity index (χ1v) is 12.3. The summed E-state index contributed by atoms with van der Waals surface area (Å²) in [4.78, 5) is 12.0. The molecule has 0 aromatic carbocycles. The predicted molar refractivity (Wildman–Crippen MR) is 122 cm³/mol. The third-order valence-electron chi connectivity index (χ3n) is 5.16. The number of carbonyl (C=O) groups excluding carboxylic acids is 1. The van der Waals surface area contributed by atoms with Gasteiger partial charge in [-0.1, -0.05) is 59.3 Å². The Bertz CT molecular complexity index is 364. The normalized spacial score (nSPS) is 13.1. The van der Waals surface area contributed by atoms with E-state index >= 15 is 0 Å². The first kappa shape index (κ1) is 28.4. The molecule has 0 aromatic heterocycles. The Labute approximate surface area is 181 Å². The maximum Gasteiger partial charge on any atom is 0.311 e. The summed E-state index contributed by atoms with van der Waals surface area (Å²) in [6, 6.07) is 0. The Kier molecular flexibility index (Phi) is 17.8. The first-order chi connectivity index (χ1) is 13.8. The van der Waals surface area contributed by atoms with Crippen LogP contribution in [0, 0.1) is 5.41 Å². The third kappa shape index (κ3) is 16.8. The Morgan fingerprint density at radius 3 is 1.69 bits per heavy atom. The lowest BCUT2D eigenvalue weighted by atomic mass is 9.97. The maximum absolute atomic E-state index is 12.0. The fraction of sp³-hybridized carbons (Fsp3) is 0.960. The summed E-state index contributed by atoms with van der Waals surface area (Å²) in [5, 5.41) is 0. The van der Waals surface area contributed by atoms with Gasteiger partial charge in [-0.25, -0.2) is 0 Å². The van der Waals surface area contributed by atoms with Crippen molar-refractivity contribution >= 4 is 5.97 Å². The molecule has 0 aliphatic rings. The molecule has 174 valence electrons. The van der Waals surface area contributed by atoms with Crippen LogP contribution in [0.3, 0.4) is 0 Å². The van der Waals surface area contributed by atoms with Crippen molar-refractivity contribution in [3.63, 3.8) is 0 Å². The average Bonchev–Trinajstić information content (AvgIpc) is 2.68. The van der Waals surface area contributed by atoms with Gasteiger partial charge in [-0.3, -0.25) is 4.79 Å². The molecule has 0 saturated heterocycles. The summed E-state index contributed by atoms with van der Waals surface area (Å²) in [5.41, 5.74) is -0.420. The third-order valence-corrected chi connectivity index (χ3v) is 5.16. The minimum Gasteiger partial charge on any atom is -0.462 e. The number of ether oxygens (including phenoxy) is 3. The van der Waals surface area contributed by atoms with Gasteiger partial charge >= 0.3 is 5.97 Å². The summed E-state index contributed by atoms with van der Waals surface area (Å²) in [7, 11) is 0. The van der Waals surface area contributed by atoms with Gasteiger partial charge in [-0.15, -0.1) is 0 Å². The molecule has 0 radical (unpaired) electrons. The minimum absolute atomic E-state index is 0.0418. The Morgan fingerprint density at radius 2 is 1.24 bits per heavy atom. The van der Waals surface area contributed by atoms with Crippen molar-refractivity contribution in [1.29, 1.82) is 0 Å². The van der Waals surface area contributed by atoms with Gasteiger partial charge in [0.15, 0.2) is 6.29 Å². The zero-order valence-electron chi connectivity index (χ0n) is 20.4. The summed E-state index contributed by atoms with van der Waals surface area (Å²) >= 11 is 0. The van der Waals surface area contributed by atoms with Gasteiger partial charge in [-0.05, 0) is 65.7 Å². The molecule has 0 bridgehead atoms. The standard InChI is InChI=1S/C25H50O4/c1-7-10-16-20-27-23(28-21-17-11-8-2)19-15-13-12-14-18-22(9-3)29-24(26)25(4,5)6/h22-23H,7-21H2,1-6H3. The summed E-state index contributed by atoms with van der Waals surface area (Å²) in [5.74, 6) is -0.0902. The zero-order valence-corrected chi connectivity index (χ0v) is 20.4. The van der Waals surface area contributed by atoms with Crippen LogP contribution in [0.2, 0.25) is 0 Å². The summed E-state index contributed by atoms with van der Waals surface area (Å²) in [6.07, 6.45) is 14.6. The molecule has 0 aliphatic heterocycles. The number of unbranched alkanes of at least 4 members (excludes halogenated alkanes) is 7. The van der Waals surface area contributed by atoms with Gasteiger partial charge in [0, 0.05) is 13.2 Å². The Balaban J connectivity index is 4.01. The highest BCUT2D eigenvalue weighted by Gasteiger charge is 2.25. The topological polar surface area (TPSA) is 44.8 Å². The molecule has 4 nitrogen and oxygen atoms in total. The van der Waals surface area contributed by atoms with Crippen molar-refractivity contribution in [2.75, 3.05) is 13.2 Å². The lowest BCUT2D eigenvalue weighted by molar-refractivity contribution is -0.159. The lowest BCUT2D eigenvalue weighted by Crippen LogP contribution is -2.28. The molecule has 1 unspecified atom stereocenters. The Hall–Kier alpha value is -0.610. The van der Waals surface area contributed by atoms with E-state index < -0.39 is 5.41 Å². The van der Waals surface area contributed by atoms with Crippen LogP contribution >= 0.6 is 0 Å². The largest absolute Gasteiger partial charge is 0.462 e. The molecule has 0 N–H and O–H groups in total. The monoisotopic (exact) mass is 414 g/mol. The fourth-order valence-corrected chi connectivity index (χ4v) is 3.06. The zero-order chi connectivity index (χ0) is 22.0. The van der Waals surface area contributed by atoms with Gasteiger partial charge in [0.25, 0.3) is 0 Å². The van der Waals surface area contributed by atoms with Crippen LogP contribution in [0.1, 0.15) is 125 Å². The van der Waals surface area contributed by atoms with Crippen LogP contribution < -0.4 is 0 Å². The van der Waals surface area contributed by atoms with Crippen LogP contribution in [0.5, 0.6) is 0 Å². The van der Waals surface area contributed by atoms with E-state index in [4.69, 9.17) is 14.2 Å². The number of carbonyl (C=O) groups is 1. The Morgan fingerprint density at radius 1 is 0.724 bits per heavy atom. The number of esters is 1. The second kappa shape index (κ2) is 18.2. The molecule has 0 amide bonds. The van der Waals surface area contributed by atoms with Crippen molar-refractivity contribution in [3.05, 3.63) is 0 Å². The van der Waals surface area contributed by atoms with E-state index in [0.717, 1.165) is 58.2 Å². The van der Waals surface area contributed by atoms with Gasteiger partial charge in [-0.2, -0.15) is 0 Å². The summed E-state index contributed by atoms with van der Waals surface area (Å²) < 4.78 is 17.6. The van der Waals surface area contributed by atoms with Crippen molar-refractivity contribution in [2.24, 2.45) is 5.41 Å². The van der Waals surface area contributed by atoms with E-state index in [1.165, 1.54) is 38.5 Å². The van der Waals surface area contributed by atoms with E-state index in [9.17, 15) is 4.79 Å². The highest BCUT2D eigenvalue weighted by Crippen LogP contribution is 2.20. The molecule has 1 atom stereocenters. The molecular formula is C25H50O4. The lowest BCUT2D eigenvalue weighted by Gasteiger charge is -2.22. The van der Waals surface area contributed by atoms with Crippen LogP contribution in [0.4, 0.5) is 0 Å². The molecule has 4 heteroatoms. The molecule has 0 fully saturated rings. The highest BCUT2D eigenvalue weighted by atomic mass is 16.7. The number of hydrogen-bond acceptors (Lipinski definition) is 4. The second-order valence-corrected chi connectivity index (χ2v) is 9.26. The molecule has 29 heavy (non-hydrogen) atoms. The predicted octanol–water partition coefficient (Wildman–Crippen LogP) is 7.43. The fourth-order valence-electron chi connectivity index (χ4n) is 3.06.